The summed E-state index contributed by atoms with van der Waals surface area (Å²) < 4.78 is 61.3. The molecule has 1 aliphatic rings. The lowest BCUT2D eigenvalue weighted by molar-refractivity contribution is 0.0956. The Hall–Kier alpha value is -5.42. The molecule has 13 heteroatoms. The molecule has 0 spiro atoms. The van der Waals surface area contributed by atoms with Gasteiger partial charge in [0.25, 0.3) is 5.91 Å². The topological polar surface area (TPSA) is 146 Å². The fourth-order valence-electron chi connectivity index (χ4n) is 6.86. The number of nitrogens with zero attached hydrogens (tertiary/aromatic N) is 4. The molecule has 0 aliphatic carbocycles. The number of piperazine rings is 1. The van der Waals surface area contributed by atoms with Crippen molar-refractivity contribution in [3.63, 3.8) is 0 Å². The van der Waals surface area contributed by atoms with E-state index in [1.165, 1.54) is 3.97 Å². The van der Waals surface area contributed by atoms with E-state index in [9.17, 15) is 26.9 Å². The quantitative estimate of drug-likeness (QED) is 0.140. The monoisotopic (exact) mass is 749 g/mol. The zero-order chi connectivity index (χ0) is 37.0. The molecule has 1 aliphatic heterocycles. The molecule has 53 heavy (non-hydrogen) atoms. The Morgan fingerprint density at radius 2 is 1.49 bits per heavy atom. The minimum absolute atomic E-state index is 0.0671. The van der Waals surface area contributed by atoms with Gasteiger partial charge in [0.2, 0.25) is 20.0 Å². The molecule has 11 nitrogen and oxygen atoms in total. The number of rotatable bonds is 13. The molecule has 4 aromatic carbocycles. The Labute approximate surface area is 309 Å². The van der Waals surface area contributed by atoms with E-state index in [0.29, 0.717) is 34.0 Å². The smallest absolute Gasteiger partial charge is 0.300 e. The molecule has 6 aromatic rings. The van der Waals surface area contributed by atoms with Crippen molar-refractivity contribution in [3.8, 4) is 6.07 Å². The summed E-state index contributed by atoms with van der Waals surface area (Å²) in [6.45, 7) is 4.29. The number of carbonyl (C=O) groups is 1. The second kappa shape index (κ2) is 15.3. The van der Waals surface area contributed by atoms with Gasteiger partial charge in [-0.25, -0.2) is 25.5 Å². The largest absolute Gasteiger partial charge is 0.451 e. The second-order valence-electron chi connectivity index (χ2n) is 13.3. The summed E-state index contributed by atoms with van der Waals surface area (Å²) in [6.07, 6.45) is 4.23. The maximum absolute atomic E-state index is 13.5. The SMILES string of the molecule is N#Cc1ccc2c(c1)c(CCCCN1CCN(c3ccc4oc(C(=O)NS(=O)(=O)Cc5ccccc5)cc4c3)CC1)cn2S(=O)(=O)Cc1ccccc1. The number of aromatic nitrogens is 1. The first-order valence-corrected chi connectivity index (χ1v) is 20.7. The van der Waals surface area contributed by atoms with Crippen LogP contribution in [0.2, 0.25) is 0 Å². The van der Waals surface area contributed by atoms with Crippen molar-refractivity contribution in [2.75, 3.05) is 37.6 Å². The number of nitrogens with one attached hydrogen (secondary N) is 1. The third-order valence-corrected chi connectivity index (χ3v) is 12.4. The lowest BCUT2D eigenvalue weighted by Crippen LogP contribution is -2.46. The number of hydrogen-bond acceptors (Lipinski definition) is 9. The maximum atomic E-state index is 13.5. The normalized spacial score (nSPS) is 14.1. The number of unbranched alkanes of at least 4 members (excludes halogenated alkanes) is 1. The summed E-state index contributed by atoms with van der Waals surface area (Å²) in [5.74, 6) is -1.30. The summed E-state index contributed by atoms with van der Waals surface area (Å²) in [5, 5.41) is 11.0. The van der Waals surface area contributed by atoms with Crippen LogP contribution in [0.5, 0.6) is 0 Å². The highest BCUT2D eigenvalue weighted by Gasteiger charge is 2.23. The molecule has 2 aromatic heterocycles. The molecular weight excluding hydrogens is 711 g/mol. The van der Waals surface area contributed by atoms with Gasteiger partial charge in [-0.1, -0.05) is 60.7 Å². The Kier molecular flexibility index (Phi) is 10.4. The number of benzene rings is 4. The minimum atomic E-state index is -3.90. The highest BCUT2D eigenvalue weighted by Crippen LogP contribution is 2.28. The molecule has 272 valence electrons. The fraction of sp³-hybridized carbons (Fsp3) is 0.250. The number of furan rings is 1. The van der Waals surface area contributed by atoms with E-state index in [1.54, 1.807) is 79.0 Å². The summed E-state index contributed by atoms with van der Waals surface area (Å²) in [5.41, 5.74) is 4.80. The van der Waals surface area contributed by atoms with E-state index < -0.39 is 26.0 Å². The van der Waals surface area contributed by atoms with Crippen LogP contribution in [-0.2, 0) is 38.0 Å². The van der Waals surface area contributed by atoms with Crippen molar-refractivity contribution >= 4 is 53.5 Å². The van der Waals surface area contributed by atoms with Gasteiger partial charge in [0.05, 0.1) is 28.7 Å². The van der Waals surface area contributed by atoms with Gasteiger partial charge >= 0.3 is 0 Å². The van der Waals surface area contributed by atoms with Crippen molar-refractivity contribution in [1.82, 2.24) is 13.6 Å². The summed E-state index contributed by atoms with van der Waals surface area (Å²) >= 11 is 0. The lowest BCUT2D eigenvalue weighted by Gasteiger charge is -2.36. The Morgan fingerprint density at radius 3 is 2.19 bits per heavy atom. The van der Waals surface area contributed by atoms with Crippen LogP contribution in [0.15, 0.2) is 114 Å². The molecule has 0 saturated carbocycles. The molecule has 0 unspecified atom stereocenters. The number of nitriles is 1. The van der Waals surface area contributed by atoms with Gasteiger partial charge in [-0.2, -0.15) is 5.26 Å². The lowest BCUT2D eigenvalue weighted by atomic mass is 10.1. The zero-order valence-corrected chi connectivity index (χ0v) is 30.7. The van der Waals surface area contributed by atoms with Crippen molar-refractivity contribution in [2.24, 2.45) is 0 Å². The predicted molar refractivity (Wildman–Crippen MR) is 205 cm³/mol. The first kappa shape index (κ1) is 36.0. The van der Waals surface area contributed by atoms with Crippen LogP contribution in [0.3, 0.4) is 0 Å². The highest BCUT2D eigenvalue weighted by molar-refractivity contribution is 7.89. The second-order valence-corrected chi connectivity index (χ2v) is 16.9. The molecule has 1 saturated heterocycles. The first-order chi connectivity index (χ1) is 25.6. The third kappa shape index (κ3) is 8.46. The molecule has 1 amide bonds. The standard InChI is InChI=1S/C40H39N5O6S2/c41-26-32-14-16-37-36(23-32)33(27-45(37)53(49,50)29-31-11-5-2-6-12-31)13-7-8-18-43-19-21-44(22-20-43)35-15-17-38-34(24-35)25-39(51-38)40(46)42-52(47,48)28-30-9-3-1-4-10-30/h1-6,9-12,14-17,23-25,27H,7-8,13,18-22,28-29H2,(H,42,46). The molecule has 0 bridgehead atoms. The first-order valence-electron chi connectivity index (χ1n) is 17.5. The van der Waals surface area contributed by atoms with E-state index in [4.69, 9.17) is 4.42 Å². The Morgan fingerprint density at radius 1 is 0.792 bits per heavy atom. The van der Waals surface area contributed by atoms with Crippen LogP contribution in [0.1, 0.15) is 45.7 Å². The van der Waals surface area contributed by atoms with E-state index in [1.807, 2.05) is 30.3 Å². The molecule has 0 atom stereocenters. The number of aryl methyl sites for hydroxylation is 1. The summed E-state index contributed by atoms with van der Waals surface area (Å²) in [6, 6.07) is 32.4. The van der Waals surface area contributed by atoms with Gasteiger partial charge in [0.15, 0.2) is 5.76 Å². The molecule has 1 fully saturated rings. The number of carbonyl (C=O) groups excluding carboxylic acids is 1. The fourth-order valence-corrected chi connectivity index (χ4v) is 9.45. The van der Waals surface area contributed by atoms with E-state index in [2.05, 4.69) is 20.6 Å². The molecule has 1 N–H and O–H groups in total. The molecule has 3 heterocycles. The highest BCUT2D eigenvalue weighted by atomic mass is 32.2. The van der Waals surface area contributed by atoms with Gasteiger partial charge in [-0.15, -0.1) is 0 Å². The van der Waals surface area contributed by atoms with E-state index >= 15 is 0 Å². The van der Waals surface area contributed by atoms with E-state index in [-0.39, 0.29) is 17.3 Å². The van der Waals surface area contributed by atoms with Crippen molar-refractivity contribution in [1.29, 1.82) is 5.26 Å². The van der Waals surface area contributed by atoms with Gasteiger partial charge in [0, 0.05) is 48.8 Å². The van der Waals surface area contributed by atoms with Gasteiger partial charge in [-0.3, -0.25) is 9.69 Å². The number of amides is 1. The average Bonchev–Trinajstić information content (AvgIpc) is 3.76. The minimum Gasteiger partial charge on any atom is -0.451 e. The Bertz CT molecular complexity index is 2520. The molecular formula is C40H39N5O6S2. The number of sulfonamides is 1. The van der Waals surface area contributed by atoms with Crippen molar-refractivity contribution in [2.45, 2.75) is 30.8 Å². The molecule has 7 rings (SSSR count). The third-order valence-electron chi connectivity index (χ3n) is 9.55. The van der Waals surface area contributed by atoms with E-state index in [0.717, 1.165) is 67.8 Å². The van der Waals surface area contributed by atoms with Crippen LogP contribution in [0.4, 0.5) is 5.69 Å². The van der Waals surface area contributed by atoms with Gasteiger partial charge in [-0.05, 0) is 85.0 Å². The summed E-state index contributed by atoms with van der Waals surface area (Å²) in [7, 11) is -7.58. The van der Waals surface area contributed by atoms with Crippen LogP contribution >= 0.6 is 0 Å². The number of hydrogen-bond donors (Lipinski definition) is 1. The number of anilines is 1. The van der Waals surface area contributed by atoms with Gasteiger partial charge < -0.3 is 9.32 Å². The van der Waals surface area contributed by atoms with Crippen LogP contribution < -0.4 is 9.62 Å². The summed E-state index contributed by atoms with van der Waals surface area (Å²) in [4.78, 5) is 17.5. The van der Waals surface area contributed by atoms with Crippen molar-refractivity contribution < 1.29 is 26.0 Å². The Balaban J connectivity index is 0.926. The van der Waals surface area contributed by atoms with Crippen molar-refractivity contribution in [3.05, 3.63) is 137 Å². The number of fused-ring (bicyclic) bond motifs is 2. The van der Waals surface area contributed by atoms with Crippen LogP contribution in [0.25, 0.3) is 21.9 Å². The van der Waals surface area contributed by atoms with Crippen LogP contribution in [0, 0.1) is 11.3 Å². The maximum Gasteiger partial charge on any atom is 0.300 e. The molecule has 0 radical (unpaired) electrons. The average molecular weight is 750 g/mol. The predicted octanol–water partition coefficient (Wildman–Crippen LogP) is 6.04. The zero-order valence-electron chi connectivity index (χ0n) is 29.0. The van der Waals surface area contributed by atoms with Gasteiger partial charge in [0.1, 0.15) is 5.58 Å². The van der Waals surface area contributed by atoms with Crippen LogP contribution in [-0.4, -0.2) is 64.3 Å².